The number of alkyl halides is 1. The van der Waals surface area contributed by atoms with E-state index in [1.807, 2.05) is 30.4 Å². The second-order valence-electron chi connectivity index (χ2n) is 5.82. The summed E-state index contributed by atoms with van der Waals surface area (Å²) in [5, 5.41) is 5.21. The number of aryl methyl sites for hydroxylation is 2. The second kappa shape index (κ2) is 5.84. The Labute approximate surface area is 135 Å². The summed E-state index contributed by atoms with van der Waals surface area (Å²) in [6.07, 6.45) is 6.88. The van der Waals surface area contributed by atoms with Gasteiger partial charge in [-0.1, -0.05) is 13.3 Å². The maximum Gasteiger partial charge on any atom is 0.159 e. The molecule has 0 radical (unpaired) electrons. The molecule has 1 fully saturated rings. The number of halogens is 1. The van der Waals surface area contributed by atoms with Crippen LogP contribution < -0.4 is 0 Å². The molecular weight excluding hydrogens is 304 g/mol. The second-order valence-corrected chi connectivity index (χ2v) is 7.56. The summed E-state index contributed by atoms with van der Waals surface area (Å²) in [5.41, 5.74) is 3.25. The fourth-order valence-electron chi connectivity index (χ4n) is 3.54. The van der Waals surface area contributed by atoms with E-state index < -0.39 is 0 Å². The first-order chi connectivity index (χ1) is 10.1. The highest BCUT2D eigenvalue weighted by atomic mass is 35.5. The molecule has 1 aliphatic rings. The van der Waals surface area contributed by atoms with E-state index >= 15 is 0 Å². The molecule has 1 aliphatic carbocycles. The van der Waals surface area contributed by atoms with Gasteiger partial charge in [0.2, 0.25) is 0 Å². The summed E-state index contributed by atoms with van der Waals surface area (Å²) in [7, 11) is 2.02. The fourth-order valence-corrected chi connectivity index (χ4v) is 4.67. The lowest BCUT2D eigenvalue weighted by Crippen LogP contribution is -2.20. The van der Waals surface area contributed by atoms with Gasteiger partial charge in [-0.05, 0) is 32.4 Å². The average molecular weight is 327 g/mol. The van der Waals surface area contributed by atoms with Crippen LogP contribution in [0.5, 0.6) is 0 Å². The Bertz CT molecular complexity index is 646. The largest absolute Gasteiger partial charge is 0.307 e. The molecule has 6 heteroatoms. The Balaban J connectivity index is 2.23. The zero-order valence-electron chi connectivity index (χ0n) is 13.1. The quantitative estimate of drug-likeness (QED) is 0.794. The molecular formula is C15H23ClN4S. The lowest BCUT2D eigenvalue weighted by molar-refractivity contribution is 0.507. The molecule has 2 heterocycles. The minimum absolute atomic E-state index is 0.0785. The first kappa shape index (κ1) is 15.2. The fraction of sp³-hybridized carbons (Fsp3) is 0.733. The van der Waals surface area contributed by atoms with E-state index in [1.165, 1.54) is 19.3 Å². The predicted molar refractivity (Wildman–Crippen MR) is 90.3 cm³/mol. The molecule has 0 bridgehead atoms. The van der Waals surface area contributed by atoms with Crippen molar-refractivity contribution in [1.29, 1.82) is 0 Å². The number of thioether (sulfide) groups is 1. The van der Waals surface area contributed by atoms with Crippen molar-refractivity contribution >= 4 is 34.5 Å². The van der Waals surface area contributed by atoms with E-state index in [2.05, 4.69) is 22.8 Å². The Morgan fingerprint density at radius 2 is 2.19 bits per heavy atom. The van der Waals surface area contributed by atoms with E-state index in [0.717, 1.165) is 29.1 Å². The number of hydrogen-bond acceptors (Lipinski definition) is 3. The highest BCUT2D eigenvalue weighted by Gasteiger charge is 2.33. The van der Waals surface area contributed by atoms with Gasteiger partial charge >= 0.3 is 0 Å². The average Bonchev–Trinajstić information content (AvgIpc) is 3.12. The van der Waals surface area contributed by atoms with E-state index in [9.17, 15) is 0 Å². The van der Waals surface area contributed by atoms with E-state index in [4.69, 9.17) is 16.6 Å². The third kappa shape index (κ3) is 2.38. The smallest absolute Gasteiger partial charge is 0.159 e. The standard InChI is InChI=1S/C15H23ClN4S/c1-5-10-13-15(19(3)18-10)20(14(17-13)9(2)16)11-7-6-8-12(11)21-4/h9,11-12H,5-8H2,1-4H3. The Morgan fingerprint density at radius 1 is 1.43 bits per heavy atom. The number of aromatic nitrogens is 4. The van der Waals surface area contributed by atoms with Gasteiger partial charge in [0.25, 0.3) is 0 Å². The molecule has 4 nitrogen and oxygen atoms in total. The normalized spacial score (nSPS) is 24.0. The number of imidazole rings is 1. The van der Waals surface area contributed by atoms with Crippen LogP contribution in [0.1, 0.15) is 56.0 Å². The van der Waals surface area contributed by atoms with Crippen molar-refractivity contribution < 1.29 is 0 Å². The molecule has 0 N–H and O–H groups in total. The monoisotopic (exact) mass is 326 g/mol. The van der Waals surface area contributed by atoms with Gasteiger partial charge in [-0.2, -0.15) is 16.9 Å². The summed E-state index contributed by atoms with van der Waals surface area (Å²) in [5.74, 6) is 1.00. The third-order valence-electron chi connectivity index (χ3n) is 4.51. The van der Waals surface area contributed by atoms with E-state index in [1.54, 1.807) is 0 Å². The third-order valence-corrected chi connectivity index (χ3v) is 5.86. The van der Waals surface area contributed by atoms with Crippen molar-refractivity contribution in [1.82, 2.24) is 19.3 Å². The molecule has 0 aliphatic heterocycles. The van der Waals surface area contributed by atoms with Crippen LogP contribution in [-0.4, -0.2) is 30.8 Å². The first-order valence-corrected chi connectivity index (χ1v) is 9.41. The summed E-state index contributed by atoms with van der Waals surface area (Å²) in [6.45, 7) is 4.15. The highest BCUT2D eigenvalue weighted by Crippen LogP contribution is 2.41. The number of hydrogen-bond donors (Lipinski definition) is 0. The minimum Gasteiger partial charge on any atom is -0.307 e. The van der Waals surface area contributed by atoms with Gasteiger partial charge in [-0.3, -0.25) is 4.68 Å². The van der Waals surface area contributed by atoms with Crippen LogP contribution >= 0.6 is 23.4 Å². The van der Waals surface area contributed by atoms with Gasteiger partial charge in [-0.25, -0.2) is 4.98 Å². The Kier molecular flexibility index (Phi) is 4.23. The lowest BCUT2D eigenvalue weighted by Gasteiger charge is -2.23. The van der Waals surface area contributed by atoms with E-state index in [0.29, 0.717) is 11.3 Å². The van der Waals surface area contributed by atoms with Crippen molar-refractivity contribution in [2.75, 3.05) is 6.26 Å². The molecule has 0 saturated heterocycles. The maximum absolute atomic E-state index is 6.43. The van der Waals surface area contributed by atoms with Crippen molar-refractivity contribution in [3.8, 4) is 0 Å². The van der Waals surface area contributed by atoms with Crippen LogP contribution in [0.4, 0.5) is 0 Å². The van der Waals surface area contributed by atoms with Crippen LogP contribution in [0, 0.1) is 0 Å². The molecule has 3 unspecified atom stereocenters. The van der Waals surface area contributed by atoms with Gasteiger partial charge in [0.15, 0.2) is 5.65 Å². The zero-order valence-corrected chi connectivity index (χ0v) is 14.7. The van der Waals surface area contributed by atoms with Gasteiger partial charge in [-0.15, -0.1) is 11.6 Å². The van der Waals surface area contributed by atoms with Crippen LogP contribution in [0.3, 0.4) is 0 Å². The summed E-state index contributed by atoms with van der Waals surface area (Å²) in [4.78, 5) is 4.86. The molecule has 0 spiro atoms. The molecule has 1 saturated carbocycles. The molecule has 0 aromatic carbocycles. The number of fused-ring (bicyclic) bond motifs is 1. The van der Waals surface area contributed by atoms with Crippen LogP contribution in [0.2, 0.25) is 0 Å². The van der Waals surface area contributed by atoms with Crippen molar-refractivity contribution in [3.63, 3.8) is 0 Å². The summed E-state index contributed by atoms with van der Waals surface area (Å²) >= 11 is 8.40. The minimum atomic E-state index is -0.0785. The SMILES string of the molecule is CCc1nn(C)c2c1nc(C(C)Cl)n2C1CCCC1SC. The van der Waals surface area contributed by atoms with Gasteiger partial charge in [0.05, 0.1) is 11.1 Å². The van der Waals surface area contributed by atoms with Gasteiger partial charge < -0.3 is 4.57 Å². The van der Waals surface area contributed by atoms with Crippen molar-refractivity contribution in [3.05, 3.63) is 11.5 Å². The van der Waals surface area contributed by atoms with Crippen LogP contribution in [0.15, 0.2) is 0 Å². The number of nitrogens with zero attached hydrogens (tertiary/aromatic N) is 4. The Hall–Kier alpha value is -0.680. The summed E-state index contributed by atoms with van der Waals surface area (Å²) in [6, 6.07) is 0.487. The molecule has 21 heavy (non-hydrogen) atoms. The summed E-state index contributed by atoms with van der Waals surface area (Å²) < 4.78 is 4.37. The maximum atomic E-state index is 6.43. The molecule has 2 aromatic rings. The molecule has 3 atom stereocenters. The topological polar surface area (TPSA) is 35.6 Å². The van der Waals surface area contributed by atoms with Crippen molar-refractivity contribution in [2.45, 2.75) is 56.2 Å². The van der Waals surface area contributed by atoms with E-state index in [-0.39, 0.29) is 5.38 Å². The first-order valence-electron chi connectivity index (χ1n) is 7.69. The highest BCUT2D eigenvalue weighted by molar-refractivity contribution is 7.99. The molecule has 3 rings (SSSR count). The molecule has 2 aromatic heterocycles. The van der Waals surface area contributed by atoms with Crippen LogP contribution in [0.25, 0.3) is 11.2 Å². The molecule has 0 amide bonds. The zero-order chi connectivity index (χ0) is 15.1. The van der Waals surface area contributed by atoms with Gasteiger partial charge in [0.1, 0.15) is 11.3 Å². The molecule has 116 valence electrons. The number of rotatable bonds is 4. The van der Waals surface area contributed by atoms with Gasteiger partial charge in [0, 0.05) is 18.3 Å². The van der Waals surface area contributed by atoms with Crippen molar-refractivity contribution in [2.24, 2.45) is 7.05 Å². The lowest BCUT2D eigenvalue weighted by atomic mass is 10.2. The Morgan fingerprint density at radius 3 is 2.81 bits per heavy atom. The predicted octanol–water partition coefficient (Wildman–Crippen LogP) is 4.09. The van der Waals surface area contributed by atoms with Crippen LogP contribution in [-0.2, 0) is 13.5 Å².